The van der Waals surface area contributed by atoms with E-state index in [0.717, 1.165) is 5.01 Å². The number of aromatic hydroxyl groups is 1. The fraction of sp³-hybridized carbons (Fsp3) is 0.211. The van der Waals surface area contributed by atoms with Gasteiger partial charge in [0.15, 0.2) is 11.5 Å². The van der Waals surface area contributed by atoms with Crippen LogP contribution in [0.1, 0.15) is 24.5 Å². The third-order valence-electron chi connectivity index (χ3n) is 4.43. The number of ether oxygens (including phenoxy) is 1. The fourth-order valence-corrected chi connectivity index (χ4v) is 2.96. The number of hydrogen-bond donors (Lipinski definition) is 2. The minimum absolute atomic E-state index is 0.115. The van der Waals surface area contributed by atoms with Crippen LogP contribution < -0.4 is 10.1 Å². The average Bonchev–Trinajstić information content (AvgIpc) is 2.92. The maximum atomic E-state index is 12.9. The molecule has 0 aliphatic carbocycles. The molecule has 0 radical (unpaired) electrons. The lowest BCUT2D eigenvalue weighted by molar-refractivity contribution is -0.131. The summed E-state index contributed by atoms with van der Waals surface area (Å²) < 4.78 is 5.04. The van der Waals surface area contributed by atoms with E-state index in [1.54, 1.807) is 30.3 Å². The largest absolute Gasteiger partial charge is 0.504 e. The van der Waals surface area contributed by atoms with E-state index in [1.165, 1.54) is 13.3 Å². The molecule has 134 valence electrons. The molecule has 2 aromatic carbocycles. The summed E-state index contributed by atoms with van der Waals surface area (Å²) in [5.41, 5.74) is -0.118. The number of carbonyl (C=O) groups excluding carboxylic acids is 2. The highest BCUT2D eigenvalue weighted by Crippen LogP contribution is 2.33. The summed E-state index contributed by atoms with van der Waals surface area (Å²) >= 11 is 0. The van der Waals surface area contributed by atoms with Gasteiger partial charge in [0.1, 0.15) is 5.54 Å². The maximum absolute atomic E-state index is 12.9. The first kappa shape index (κ1) is 17.5. The number of rotatable bonds is 5. The van der Waals surface area contributed by atoms with Crippen molar-refractivity contribution in [3.8, 4) is 11.5 Å². The van der Waals surface area contributed by atoms with Crippen molar-refractivity contribution in [3.63, 3.8) is 0 Å². The van der Waals surface area contributed by atoms with E-state index < -0.39 is 17.5 Å². The molecule has 0 spiro atoms. The molecule has 0 bridgehead atoms. The molecule has 7 heteroatoms. The molecule has 0 aromatic heterocycles. The molecule has 2 aromatic rings. The molecule has 7 nitrogen and oxygen atoms in total. The number of phenols is 1. The highest BCUT2D eigenvalue weighted by Gasteiger charge is 2.51. The van der Waals surface area contributed by atoms with Gasteiger partial charge < -0.3 is 15.2 Å². The molecule has 2 N–H and O–H groups in total. The highest BCUT2D eigenvalue weighted by atomic mass is 16.5. The second-order valence-corrected chi connectivity index (χ2v) is 5.81. The normalized spacial score (nSPS) is 19.8. The Morgan fingerprint density at radius 1 is 1.19 bits per heavy atom. The Kier molecular flexibility index (Phi) is 4.62. The van der Waals surface area contributed by atoms with E-state index in [4.69, 9.17) is 4.74 Å². The summed E-state index contributed by atoms with van der Waals surface area (Å²) in [5.74, 6) is -0.302. The van der Waals surface area contributed by atoms with Gasteiger partial charge in [0.25, 0.3) is 5.91 Å². The molecule has 3 amide bonds. The van der Waals surface area contributed by atoms with Crippen LogP contribution in [-0.2, 0) is 10.3 Å². The summed E-state index contributed by atoms with van der Waals surface area (Å²) in [7, 11) is 1.43. The Hall–Kier alpha value is -3.35. The van der Waals surface area contributed by atoms with Gasteiger partial charge in [0.05, 0.1) is 13.3 Å². The van der Waals surface area contributed by atoms with Crippen molar-refractivity contribution in [3.05, 3.63) is 59.7 Å². The molecule has 1 saturated heterocycles. The lowest BCUT2D eigenvalue weighted by Gasteiger charge is -2.24. The minimum Gasteiger partial charge on any atom is -0.504 e. The van der Waals surface area contributed by atoms with Gasteiger partial charge in [-0.25, -0.2) is 4.79 Å². The molecule has 3 rings (SSSR count). The van der Waals surface area contributed by atoms with Gasteiger partial charge in [-0.1, -0.05) is 43.3 Å². The van der Waals surface area contributed by atoms with Gasteiger partial charge in [-0.05, 0) is 24.1 Å². The standard InChI is InChI=1S/C19H19N3O4/c1-3-19(14-9-5-4-6-10-14)17(24)22(18(25)21-19)20-12-13-8-7-11-15(26-2)16(13)23/h4-12,23H,3H2,1-2H3,(H,21,25)/b20-12+/t19-/m1/s1. The van der Waals surface area contributed by atoms with Gasteiger partial charge in [0, 0.05) is 5.56 Å². The smallest absolute Gasteiger partial charge is 0.346 e. The van der Waals surface area contributed by atoms with Crippen LogP contribution in [0, 0.1) is 0 Å². The van der Waals surface area contributed by atoms with Gasteiger partial charge in [-0.2, -0.15) is 5.10 Å². The summed E-state index contributed by atoms with van der Waals surface area (Å²) in [4.78, 5) is 25.3. The lowest BCUT2D eigenvalue weighted by Crippen LogP contribution is -2.43. The van der Waals surface area contributed by atoms with E-state index in [0.29, 0.717) is 17.5 Å². The van der Waals surface area contributed by atoms with Crippen molar-refractivity contribution in [2.45, 2.75) is 18.9 Å². The average molecular weight is 353 g/mol. The minimum atomic E-state index is -1.15. The van der Waals surface area contributed by atoms with Gasteiger partial charge in [0.2, 0.25) is 0 Å². The van der Waals surface area contributed by atoms with Crippen LogP contribution in [0.15, 0.2) is 53.6 Å². The molecule has 1 aliphatic rings. The summed E-state index contributed by atoms with van der Waals surface area (Å²) in [6, 6.07) is 13.3. The monoisotopic (exact) mass is 353 g/mol. The van der Waals surface area contributed by atoms with Gasteiger partial charge in [-0.3, -0.25) is 4.79 Å². The number of imide groups is 1. The number of para-hydroxylation sites is 1. The molecular weight excluding hydrogens is 334 g/mol. The van der Waals surface area contributed by atoms with Crippen molar-refractivity contribution in [2.24, 2.45) is 5.10 Å². The Bertz CT molecular complexity index is 866. The number of urea groups is 1. The van der Waals surface area contributed by atoms with Crippen molar-refractivity contribution in [1.82, 2.24) is 10.3 Å². The summed E-state index contributed by atoms with van der Waals surface area (Å²) in [6.45, 7) is 1.83. The quantitative estimate of drug-likeness (QED) is 0.638. The number of carbonyl (C=O) groups is 2. The Morgan fingerprint density at radius 3 is 2.58 bits per heavy atom. The molecule has 1 aliphatic heterocycles. The highest BCUT2D eigenvalue weighted by molar-refractivity contribution is 6.07. The summed E-state index contributed by atoms with van der Waals surface area (Å²) in [6.07, 6.45) is 1.64. The predicted molar refractivity (Wildman–Crippen MR) is 96.0 cm³/mol. The summed E-state index contributed by atoms with van der Waals surface area (Å²) in [5, 5.41) is 17.6. The molecule has 0 saturated carbocycles. The van der Waals surface area contributed by atoms with E-state index in [1.807, 2.05) is 25.1 Å². The van der Waals surface area contributed by atoms with Crippen LogP contribution in [0.25, 0.3) is 0 Å². The third-order valence-corrected chi connectivity index (χ3v) is 4.43. The van der Waals surface area contributed by atoms with E-state index in [-0.39, 0.29) is 11.5 Å². The zero-order chi connectivity index (χ0) is 18.7. The van der Waals surface area contributed by atoms with Crippen LogP contribution in [0.4, 0.5) is 4.79 Å². The van der Waals surface area contributed by atoms with Crippen molar-refractivity contribution < 1.29 is 19.4 Å². The molecule has 1 heterocycles. The van der Waals surface area contributed by atoms with Crippen molar-refractivity contribution >= 4 is 18.2 Å². The molecule has 1 atom stereocenters. The van der Waals surface area contributed by atoms with Gasteiger partial charge in [-0.15, -0.1) is 5.01 Å². The zero-order valence-electron chi connectivity index (χ0n) is 14.5. The van der Waals surface area contributed by atoms with Crippen LogP contribution in [0.2, 0.25) is 0 Å². The number of phenolic OH excluding ortho intramolecular Hbond substituents is 1. The van der Waals surface area contributed by atoms with E-state index in [9.17, 15) is 14.7 Å². The molecule has 26 heavy (non-hydrogen) atoms. The number of nitrogens with one attached hydrogen (secondary N) is 1. The second-order valence-electron chi connectivity index (χ2n) is 5.81. The fourth-order valence-electron chi connectivity index (χ4n) is 2.96. The Labute approximate surface area is 150 Å². The first-order valence-corrected chi connectivity index (χ1v) is 8.15. The van der Waals surface area contributed by atoms with E-state index >= 15 is 0 Å². The van der Waals surface area contributed by atoms with Crippen molar-refractivity contribution in [1.29, 1.82) is 0 Å². The molecule has 0 unspecified atom stereocenters. The van der Waals surface area contributed by atoms with Crippen LogP contribution in [-0.4, -0.2) is 35.4 Å². The SMILES string of the molecule is CC[C@]1(c2ccccc2)NC(=O)N(/N=C/c2cccc(OC)c2O)C1=O. The Morgan fingerprint density at radius 2 is 1.92 bits per heavy atom. The molecular formula is C19H19N3O4. The zero-order valence-corrected chi connectivity index (χ0v) is 14.5. The van der Waals surface area contributed by atoms with Crippen molar-refractivity contribution in [2.75, 3.05) is 7.11 Å². The number of amides is 3. The topological polar surface area (TPSA) is 91.2 Å². The first-order valence-electron chi connectivity index (χ1n) is 8.15. The predicted octanol–water partition coefficient (Wildman–Crippen LogP) is 2.59. The van der Waals surface area contributed by atoms with Crippen LogP contribution in [0.3, 0.4) is 0 Å². The number of hydrazone groups is 1. The number of benzene rings is 2. The van der Waals surface area contributed by atoms with Gasteiger partial charge >= 0.3 is 6.03 Å². The molecule has 1 fully saturated rings. The number of hydrogen-bond acceptors (Lipinski definition) is 5. The number of methoxy groups -OCH3 is 1. The lowest BCUT2D eigenvalue weighted by atomic mass is 9.87. The second kappa shape index (κ2) is 6.87. The van der Waals surface area contributed by atoms with Crippen LogP contribution >= 0.6 is 0 Å². The van der Waals surface area contributed by atoms with E-state index in [2.05, 4.69) is 10.4 Å². The first-order chi connectivity index (χ1) is 12.5. The van der Waals surface area contributed by atoms with Crippen LogP contribution in [0.5, 0.6) is 11.5 Å². The Balaban J connectivity index is 1.93. The maximum Gasteiger partial charge on any atom is 0.346 e. The third kappa shape index (κ3) is 2.77. The number of nitrogens with zero attached hydrogens (tertiary/aromatic N) is 2.